The van der Waals surface area contributed by atoms with Crippen LogP contribution in [-0.2, 0) is 11.3 Å². The summed E-state index contributed by atoms with van der Waals surface area (Å²) in [5.41, 5.74) is 0.873. The van der Waals surface area contributed by atoms with E-state index < -0.39 is 5.97 Å². The SMILES string of the molecule is CN(CCCC(=O)O)Cc1ccc(O)c(O)c1. The molecule has 3 N–H and O–H groups in total. The van der Waals surface area contributed by atoms with E-state index in [1.807, 2.05) is 11.9 Å². The highest BCUT2D eigenvalue weighted by molar-refractivity contribution is 5.66. The third-order valence-electron chi connectivity index (χ3n) is 2.42. The van der Waals surface area contributed by atoms with E-state index in [1.165, 1.54) is 12.1 Å². The first-order valence-electron chi connectivity index (χ1n) is 5.40. The van der Waals surface area contributed by atoms with Crippen molar-refractivity contribution >= 4 is 5.97 Å². The van der Waals surface area contributed by atoms with Crippen molar-refractivity contribution in [3.05, 3.63) is 23.8 Å². The van der Waals surface area contributed by atoms with Gasteiger partial charge in [-0.05, 0) is 37.7 Å². The zero-order valence-corrected chi connectivity index (χ0v) is 9.76. The van der Waals surface area contributed by atoms with E-state index in [4.69, 9.17) is 10.2 Å². The molecule has 0 saturated carbocycles. The summed E-state index contributed by atoms with van der Waals surface area (Å²) < 4.78 is 0. The molecule has 0 atom stereocenters. The smallest absolute Gasteiger partial charge is 0.303 e. The number of phenolic OH excluding ortho intramolecular Hbond substituents is 2. The van der Waals surface area contributed by atoms with Crippen molar-refractivity contribution in [3.63, 3.8) is 0 Å². The maximum absolute atomic E-state index is 10.3. The standard InChI is InChI=1S/C12H17NO4/c1-13(6-2-3-12(16)17)8-9-4-5-10(14)11(15)7-9/h4-5,7,14-15H,2-3,6,8H2,1H3,(H,16,17). The molecule has 0 spiro atoms. The summed E-state index contributed by atoms with van der Waals surface area (Å²) in [6, 6.07) is 4.67. The fraction of sp³-hybridized carbons (Fsp3) is 0.417. The average molecular weight is 239 g/mol. The molecule has 0 fully saturated rings. The molecule has 0 aromatic heterocycles. The molecule has 0 unspecified atom stereocenters. The Morgan fingerprint density at radius 3 is 2.59 bits per heavy atom. The normalized spacial score (nSPS) is 10.7. The third-order valence-corrected chi connectivity index (χ3v) is 2.42. The molecular weight excluding hydrogens is 222 g/mol. The van der Waals surface area contributed by atoms with E-state index >= 15 is 0 Å². The van der Waals surface area contributed by atoms with Crippen LogP contribution >= 0.6 is 0 Å². The largest absolute Gasteiger partial charge is 0.504 e. The van der Waals surface area contributed by atoms with Gasteiger partial charge in [0.05, 0.1) is 0 Å². The van der Waals surface area contributed by atoms with Crippen molar-refractivity contribution in [1.82, 2.24) is 4.90 Å². The molecule has 0 heterocycles. The second kappa shape index (κ2) is 6.10. The molecule has 0 aliphatic rings. The first-order valence-corrected chi connectivity index (χ1v) is 5.40. The number of carbonyl (C=O) groups is 1. The van der Waals surface area contributed by atoms with Gasteiger partial charge in [0.1, 0.15) is 0 Å². The second-order valence-electron chi connectivity index (χ2n) is 4.06. The summed E-state index contributed by atoms with van der Waals surface area (Å²) in [5.74, 6) is -1.07. The molecule has 0 radical (unpaired) electrons. The van der Waals surface area contributed by atoms with Crippen LogP contribution in [0, 0.1) is 0 Å². The maximum atomic E-state index is 10.3. The van der Waals surface area contributed by atoms with Crippen LogP contribution in [0.25, 0.3) is 0 Å². The molecule has 94 valence electrons. The fourth-order valence-corrected chi connectivity index (χ4v) is 1.56. The summed E-state index contributed by atoms with van der Waals surface area (Å²) >= 11 is 0. The molecule has 1 rings (SSSR count). The number of hydrogen-bond donors (Lipinski definition) is 3. The number of rotatable bonds is 6. The minimum atomic E-state index is -0.791. The summed E-state index contributed by atoms with van der Waals surface area (Å²) in [6.07, 6.45) is 0.751. The number of carboxylic acid groups (broad SMARTS) is 1. The molecule has 5 heteroatoms. The van der Waals surface area contributed by atoms with E-state index in [9.17, 15) is 9.90 Å². The molecule has 1 aromatic rings. The highest BCUT2D eigenvalue weighted by Crippen LogP contribution is 2.25. The number of aromatic hydroxyl groups is 2. The van der Waals surface area contributed by atoms with Gasteiger partial charge in [0.2, 0.25) is 0 Å². The van der Waals surface area contributed by atoms with Gasteiger partial charge in [-0.25, -0.2) is 0 Å². The highest BCUT2D eigenvalue weighted by atomic mass is 16.4. The molecular formula is C12H17NO4. The zero-order chi connectivity index (χ0) is 12.8. The molecule has 17 heavy (non-hydrogen) atoms. The van der Waals surface area contributed by atoms with Crippen molar-refractivity contribution in [3.8, 4) is 11.5 Å². The van der Waals surface area contributed by atoms with Crippen LogP contribution in [0.1, 0.15) is 18.4 Å². The summed E-state index contributed by atoms with van der Waals surface area (Å²) in [6.45, 7) is 1.28. The lowest BCUT2D eigenvalue weighted by molar-refractivity contribution is -0.137. The molecule has 0 saturated heterocycles. The van der Waals surface area contributed by atoms with Gasteiger partial charge in [-0.3, -0.25) is 4.79 Å². The molecule has 0 aliphatic carbocycles. The highest BCUT2D eigenvalue weighted by Gasteiger charge is 2.05. The molecule has 0 aliphatic heterocycles. The Bertz CT molecular complexity index is 392. The number of aliphatic carboxylic acids is 1. The Kier molecular flexibility index (Phi) is 4.78. The number of phenols is 2. The second-order valence-corrected chi connectivity index (χ2v) is 4.06. The Hall–Kier alpha value is -1.75. The van der Waals surface area contributed by atoms with Gasteiger partial charge in [0.25, 0.3) is 0 Å². The van der Waals surface area contributed by atoms with E-state index in [1.54, 1.807) is 6.07 Å². The zero-order valence-electron chi connectivity index (χ0n) is 9.76. The Morgan fingerprint density at radius 2 is 2.00 bits per heavy atom. The van der Waals surface area contributed by atoms with E-state index in [0.717, 1.165) is 5.56 Å². The number of benzene rings is 1. The van der Waals surface area contributed by atoms with Crippen LogP contribution in [0.15, 0.2) is 18.2 Å². The van der Waals surface area contributed by atoms with Gasteiger partial charge in [-0.1, -0.05) is 6.07 Å². The third kappa shape index (κ3) is 4.74. The van der Waals surface area contributed by atoms with Crippen LogP contribution in [0.2, 0.25) is 0 Å². The van der Waals surface area contributed by atoms with Crippen molar-refractivity contribution in [2.75, 3.05) is 13.6 Å². The van der Waals surface area contributed by atoms with Gasteiger partial charge in [0.15, 0.2) is 11.5 Å². The van der Waals surface area contributed by atoms with Gasteiger partial charge >= 0.3 is 5.97 Å². The average Bonchev–Trinajstić information content (AvgIpc) is 2.23. The Labute approximate surface area is 99.9 Å². The van der Waals surface area contributed by atoms with Gasteiger partial charge in [-0.2, -0.15) is 0 Å². The predicted molar refractivity (Wildman–Crippen MR) is 63.0 cm³/mol. The first kappa shape index (κ1) is 13.3. The number of hydrogen-bond acceptors (Lipinski definition) is 4. The van der Waals surface area contributed by atoms with Gasteiger partial charge < -0.3 is 20.2 Å². The lowest BCUT2D eigenvalue weighted by Crippen LogP contribution is -2.19. The minimum Gasteiger partial charge on any atom is -0.504 e. The Morgan fingerprint density at radius 1 is 1.29 bits per heavy atom. The predicted octanol–water partition coefficient (Wildman–Crippen LogP) is 1.39. The monoisotopic (exact) mass is 239 g/mol. The number of carboxylic acids is 1. The van der Waals surface area contributed by atoms with Crippen LogP contribution in [-0.4, -0.2) is 39.8 Å². The van der Waals surface area contributed by atoms with Gasteiger partial charge in [0, 0.05) is 13.0 Å². The fourth-order valence-electron chi connectivity index (χ4n) is 1.56. The Balaban J connectivity index is 2.42. The van der Waals surface area contributed by atoms with Crippen molar-refractivity contribution < 1.29 is 20.1 Å². The van der Waals surface area contributed by atoms with E-state index in [2.05, 4.69) is 0 Å². The molecule has 0 bridgehead atoms. The van der Waals surface area contributed by atoms with E-state index in [0.29, 0.717) is 19.5 Å². The van der Waals surface area contributed by atoms with Crippen molar-refractivity contribution in [2.45, 2.75) is 19.4 Å². The van der Waals surface area contributed by atoms with Crippen LogP contribution in [0.3, 0.4) is 0 Å². The number of nitrogens with zero attached hydrogens (tertiary/aromatic N) is 1. The summed E-state index contributed by atoms with van der Waals surface area (Å²) in [7, 11) is 1.88. The van der Waals surface area contributed by atoms with Crippen molar-refractivity contribution in [1.29, 1.82) is 0 Å². The molecule has 0 amide bonds. The van der Waals surface area contributed by atoms with Crippen molar-refractivity contribution in [2.24, 2.45) is 0 Å². The van der Waals surface area contributed by atoms with Crippen LogP contribution in [0.5, 0.6) is 11.5 Å². The molecule has 1 aromatic carbocycles. The minimum absolute atomic E-state index is 0.137. The van der Waals surface area contributed by atoms with Crippen LogP contribution < -0.4 is 0 Å². The topological polar surface area (TPSA) is 81.0 Å². The van der Waals surface area contributed by atoms with Crippen LogP contribution in [0.4, 0.5) is 0 Å². The maximum Gasteiger partial charge on any atom is 0.303 e. The lowest BCUT2D eigenvalue weighted by Gasteiger charge is -2.16. The first-order chi connectivity index (χ1) is 7.99. The summed E-state index contributed by atoms with van der Waals surface area (Å²) in [5, 5.41) is 27.0. The lowest BCUT2D eigenvalue weighted by atomic mass is 10.2. The van der Waals surface area contributed by atoms with E-state index in [-0.39, 0.29) is 17.9 Å². The quantitative estimate of drug-likeness (QED) is 0.654. The van der Waals surface area contributed by atoms with Gasteiger partial charge in [-0.15, -0.1) is 0 Å². The summed E-state index contributed by atoms with van der Waals surface area (Å²) in [4.78, 5) is 12.3. The molecule has 5 nitrogen and oxygen atoms in total.